The van der Waals surface area contributed by atoms with E-state index >= 15 is 0 Å². The third-order valence-electron chi connectivity index (χ3n) is 3.84. The van der Waals surface area contributed by atoms with Crippen molar-refractivity contribution in [3.63, 3.8) is 0 Å². The van der Waals surface area contributed by atoms with Crippen molar-refractivity contribution in [3.05, 3.63) is 58.6 Å². The predicted octanol–water partition coefficient (Wildman–Crippen LogP) is 3.77. The number of anilines is 1. The lowest BCUT2D eigenvalue weighted by Crippen LogP contribution is -2.43. The summed E-state index contributed by atoms with van der Waals surface area (Å²) in [6, 6.07) is 15.4. The maximum atomic E-state index is 12.4. The number of nitrogens with one attached hydrogen (secondary N) is 1. The fraction of sp³-hybridized carbons (Fsp3) is 0.222. The molecule has 2 amide bonds. The molecule has 6 heteroatoms. The molecule has 0 aliphatic carbocycles. The summed E-state index contributed by atoms with van der Waals surface area (Å²) in [6.07, 6.45) is 0. The van der Waals surface area contributed by atoms with Gasteiger partial charge in [0.1, 0.15) is 6.54 Å². The minimum Gasteiger partial charge on any atom is -0.348 e. The lowest BCUT2D eigenvalue weighted by Gasteiger charge is -2.28. The van der Waals surface area contributed by atoms with Gasteiger partial charge in [0.05, 0.1) is 17.5 Å². The highest BCUT2D eigenvalue weighted by Crippen LogP contribution is 2.34. The van der Waals surface area contributed by atoms with Gasteiger partial charge in [-0.3, -0.25) is 9.59 Å². The normalized spacial score (nSPS) is 14.9. The first-order chi connectivity index (χ1) is 11.5. The van der Waals surface area contributed by atoms with Crippen molar-refractivity contribution in [1.82, 2.24) is 5.32 Å². The van der Waals surface area contributed by atoms with Crippen LogP contribution in [-0.2, 0) is 9.59 Å². The van der Waals surface area contributed by atoms with Gasteiger partial charge in [-0.2, -0.15) is 0 Å². The van der Waals surface area contributed by atoms with Gasteiger partial charge >= 0.3 is 0 Å². The van der Waals surface area contributed by atoms with Gasteiger partial charge in [0.2, 0.25) is 11.8 Å². The number of amides is 2. The highest BCUT2D eigenvalue weighted by atomic mass is 79.9. The Morgan fingerprint density at radius 3 is 2.88 bits per heavy atom. The lowest BCUT2D eigenvalue weighted by molar-refractivity contribution is -0.123. The predicted molar refractivity (Wildman–Crippen MR) is 100 cm³/mol. The SMILES string of the molecule is CC(NC(=O)CN1C(=O)CSc2ccccc21)c1cccc(Br)c1. The number of rotatable bonds is 4. The fourth-order valence-corrected chi connectivity index (χ4v) is 3.97. The Morgan fingerprint density at radius 1 is 1.29 bits per heavy atom. The number of hydrogen-bond acceptors (Lipinski definition) is 3. The Morgan fingerprint density at radius 2 is 2.08 bits per heavy atom. The molecule has 1 aliphatic rings. The number of fused-ring (bicyclic) bond motifs is 1. The second-order valence-corrected chi connectivity index (χ2v) is 7.51. The van der Waals surface area contributed by atoms with Gasteiger partial charge in [0, 0.05) is 9.37 Å². The van der Waals surface area contributed by atoms with Gasteiger partial charge in [0.25, 0.3) is 0 Å². The van der Waals surface area contributed by atoms with Crippen LogP contribution in [0.5, 0.6) is 0 Å². The van der Waals surface area contributed by atoms with E-state index in [0.717, 1.165) is 20.6 Å². The van der Waals surface area contributed by atoms with Gasteiger partial charge < -0.3 is 10.2 Å². The summed E-state index contributed by atoms with van der Waals surface area (Å²) < 4.78 is 0.971. The van der Waals surface area contributed by atoms with E-state index in [1.165, 1.54) is 11.8 Å². The molecule has 1 unspecified atom stereocenters. The first-order valence-electron chi connectivity index (χ1n) is 7.61. The van der Waals surface area contributed by atoms with Crippen LogP contribution in [0.15, 0.2) is 57.9 Å². The summed E-state index contributed by atoms with van der Waals surface area (Å²) in [7, 11) is 0. The van der Waals surface area contributed by atoms with Crippen LogP contribution in [0.4, 0.5) is 5.69 Å². The Labute approximate surface area is 153 Å². The standard InChI is InChI=1S/C18H17BrN2O2S/c1-12(13-5-4-6-14(19)9-13)20-17(22)10-21-15-7-2-3-8-16(15)24-11-18(21)23/h2-9,12H,10-11H2,1H3,(H,20,22). The number of benzene rings is 2. The van der Waals surface area contributed by atoms with Crippen LogP contribution in [0.2, 0.25) is 0 Å². The van der Waals surface area contributed by atoms with Crippen LogP contribution in [0.25, 0.3) is 0 Å². The quantitative estimate of drug-likeness (QED) is 0.843. The van der Waals surface area contributed by atoms with Gasteiger partial charge in [-0.1, -0.05) is 40.2 Å². The third kappa shape index (κ3) is 3.82. The first kappa shape index (κ1) is 17.0. The lowest BCUT2D eigenvalue weighted by atomic mass is 10.1. The Bertz CT molecular complexity index is 781. The van der Waals surface area contributed by atoms with Crippen LogP contribution in [-0.4, -0.2) is 24.1 Å². The maximum absolute atomic E-state index is 12.4. The summed E-state index contributed by atoms with van der Waals surface area (Å²) in [4.78, 5) is 27.2. The van der Waals surface area contributed by atoms with E-state index in [1.54, 1.807) is 4.90 Å². The molecule has 1 heterocycles. The van der Waals surface area contributed by atoms with Crippen molar-refractivity contribution in [1.29, 1.82) is 0 Å². The van der Waals surface area contributed by atoms with Gasteiger partial charge in [0.15, 0.2) is 0 Å². The van der Waals surface area contributed by atoms with Crippen LogP contribution in [0.3, 0.4) is 0 Å². The Balaban J connectivity index is 1.70. The zero-order valence-corrected chi connectivity index (χ0v) is 15.6. The maximum Gasteiger partial charge on any atom is 0.240 e. The van der Waals surface area contributed by atoms with Gasteiger partial charge in [-0.25, -0.2) is 0 Å². The molecule has 2 aromatic rings. The summed E-state index contributed by atoms with van der Waals surface area (Å²) in [6.45, 7) is 1.97. The molecule has 24 heavy (non-hydrogen) atoms. The molecule has 1 atom stereocenters. The van der Waals surface area contributed by atoms with Gasteiger partial charge in [-0.15, -0.1) is 11.8 Å². The molecule has 0 saturated carbocycles. The van der Waals surface area contributed by atoms with Crippen molar-refractivity contribution in [2.75, 3.05) is 17.2 Å². The largest absolute Gasteiger partial charge is 0.348 e. The zero-order valence-electron chi connectivity index (χ0n) is 13.2. The average molecular weight is 405 g/mol. The van der Waals surface area contributed by atoms with E-state index in [-0.39, 0.29) is 24.4 Å². The van der Waals surface area contributed by atoms with Crippen molar-refractivity contribution in [2.45, 2.75) is 17.9 Å². The Kier molecular flexibility index (Phi) is 5.26. The summed E-state index contributed by atoms with van der Waals surface area (Å²) in [5, 5.41) is 2.96. The number of thioether (sulfide) groups is 1. The summed E-state index contributed by atoms with van der Waals surface area (Å²) >= 11 is 4.95. The molecule has 2 aromatic carbocycles. The van der Waals surface area contributed by atoms with Crippen molar-refractivity contribution >= 4 is 45.2 Å². The number of nitrogens with zero attached hydrogens (tertiary/aromatic N) is 1. The van der Waals surface area contributed by atoms with Crippen LogP contribution < -0.4 is 10.2 Å². The third-order valence-corrected chi connectivity index (χ3v) is 5.38. The molecule has 4 nitrogen and oxygen atoms in total. The molecule has 0 radical (unpaired) electrons. The number of hydrogen-bond donors (Lipinski definition) is 1. The molecule has 0 saturated heterocycles. The summed E-state index contributed by atoms with van der Waals surface area (Å²) in [5.74, 6) is 0.160. The van der Waals surface area contributed by atoms with E-state index in [2.05, 4.69) is 21.2 Å². The molecule has 0 bridgehead atoms. The summed E-state index contributed by atoms with van der Waals surface area (Å²) in [5.41, 5.74) is 1.82. The molecule has 124 valence electrons. The smallest absolute Gasteiger partial charge is 0.240 e. The molecule has 3 rings (SSSR count). The molecule has 1 aliphatic heterocycles. The molecule has 0 fully saturated rings. The van der Waals surface area contributed by atoms with Crippen LogP contribution >= 0.6 is 27.7 Å². The van der Waals surface area contributed by atoms with E-state index < -0.39 is 0 Å². The fourth-order valence-electron chi connectivity index (χ4n) is 2.62. The topological polar surface area (TPSA) is 49.4 Å². The van der Waals surface area contributed by atoms with Crippen LogP contribution in [0.1, 0.15) is 18.5 Å². The monoisotopic (exact) mass is 404 g/mol. The minimum atomic E-state index is -0.169. The second-order valence-electron chi connectivity index (χ2n) is 5.58. The van der Waals surface area contributed by atoms with E-state index in [0.29, 0.717) is 5.75 Å². The average Bonchev–Trinajstić information content (AvgIpc) is 2.57. The first-order valence-corrected chi connectivity index (χ1v) is 9.39. The number of para-hydroxylation sites is 1. The molecule has 0 aromatic heterocycles. The number of carbonyl (C=O) groups excluding carboxylic acids is 2. The van der Waals surface area contributed by atoms with Crippen molar-refractivity contribution in [3.8, 4) is 0 Å². The van der Waals surface area contributed by atoms with Crippen molar-refractivity contribution < 1.29 is 9.59 Å². The van der Waals surface area contributed by atoms with Crippen molar-refractivity contribution in [2.24, 2.45) is 0 Å². The second kappa shape index (κ2) is 7.40. The van der Waals surface area contributed by atoms with Crippen LogP contribution in [0, 0.1) is 0 Å². The van der Waals surface area contributed by atoms with Gasteiger partial charge in [-0.05, 0) is 36.8 Å². The zero-order chi connectivity index (χ0) is 17.1. The Hall–Kier alpha value is -1.79. The molecular weight excluding hydrogens is 388 g/mol. The number of halogens is 1. The molecule has 1 N–H and O–H groups in total. The highest BCUT2D eigenvalue weighted by molar-refractivity contribution is 9.10. The number of carbonyl (C=O) groups is 2. The van der Waals surface area contributed by atoms with E-state index in [9.17, 15) is 9.59 Å². The molecular formula is C18H17BrN2O2S. The minimum absolute atomic E-state index is 0.0365. The highest BCUT2D eigenvalue weighted by Gasteiger charge is 2.26. The van der Waals surface area contributed by atoms with E-state index in [1.807, 2.05) is 55.5 Å². The van der Waals surface area contributed by atoms with E-state index in [4.69, 9.17) is 0 Å². The molecule has 0 spiro atoms.